The Labute approximate surface area is 176 Å². The lowest BCUT2D eigenvalue weighted by molar-refractivity contribution is 0.0599. The monoisotopic (exact) mass is 417 g/mol. The number of nitrogens with zero attached hydrogens (tertiary/aromatic N) is 1. The Hall–Kier alpha value is -2.05. The summed E-state index contributed by atoms with van der Waals surface area (Å²) in [4.78, 5) is 14.6. The molecule has 0 spiro atoms. The van der Waals surface area contributed by atoms with Crippen molar-refractivity contribution < 1.29 is 18.7 Å². The first-order valence-electron chi connectivity index (χ1n) is 9.81. The Balaban J connectivity index is 1.67. The highest BCUT2D eigenvalue weighted by Gasteiger charge is 2.29. The van der Waals surface area contributed by atoms with Crippen LogP contribution in [0.2, 0.25) is 0 Å². The molecule has 6 heteroatoms. The van der Waals surface area contributed by atoms with Crippen LogP contribution in [0.4, 0.5) is 4.39 Å². The molecule has 2 aromatic rings. The Morgan fingerprint density at radius 3 is 2.62 bits per heavy atom. The summed E-state index contributed by atoms with van der Waals surface area (Å²) < 4.78 is 24.1. The van der Waals surface area contributed by atoms with Crippen molar-refractivity contribution in [3.05, 3.63) is 65.0 Å². The summed E-state index contributed by atoms with van der Waals surface area (Å²) in [7, 11) is 3.51. The van der Waals surface area contributed by atoms with Crippen LogP contribution < -0.4 is 4.74 Å². The van der Waals surface area contributed by atoms with Gasteiger partial charge in [-0.05, 0) is 68.0 Å². The van der Waals surface area contributed by atoms with E-state index >= 15 is 0 Å². The van der Waals surface area contributed by atoms with Crippen LogP contribution in [-0.2, 0) is 17.6 Å². The molecule has 1 fully saturated rings. The van der Waals surface area contributed by atoms with Crippen molar-refractivity contribution in [2.45, 2.75) is 30.6 Å². The molecule has 0 aromatic heterocycles. The third-order valence-electron chi connectivity index (χ3n) is 5.51. The molecule has 3 rings (SSSR count). The molecule has 0 radical (unpaired) electrons. The molecule has 1 saturated heterocycles. The number of aryl methyl sites for hydroxylation is 2. The van der Waals surface area contributed by atoms with Gasteiger partial charge in [-0.25, -0.2) is 9.18 Å². The lowest BCUT2D eigenvalue weighted by atomic mass is 9.99. The summed E-state index contributed by atoms with van der Waals surface area (Å²) in [5.41, 5.74) is 2.44. The molecule has 1 heterocycles. The van der Waals surface area contributed by atoms with Crippen LogP contribution in [0.1, 0.15) is 27.9 Å². The fourth-order valence-corrected chi connectivity index (χ4v) is 4.48. The first-order valence-corrected chi connectivity index (χ1v) is 11.1. The molecule has 1 aliphatic heterocycles. The standard InChI is InChI=1S/C23H28FNO3S/c1-25-14-21(29-3)12-19(25)15-28-20-11-8-17(22(13-20)23(26)27-2)7-4-16-5-9-18(24)10-6-16/h5-6,8-11,13,19,21H,4,7,12,14-15H2,1-3H3/t19-,21-/m0/s1. The van der Waals surface area contributed by atoms with Gasteiger partial charge in [0.15, 0.2) is 0 Å². The number of hydrogen-bond donors (Lipinski definition) is 0. The number of halogens is 1. The molecule has 0 aliphatic carbocycles. The van der Waals surface area contributed by atoms with Gasteiger partial charge in [0.25, 0.3) is 0 Å². The van der Waals surface area contributed by atoms with E-state index in [0.29, 0.717) is 42.1 Å². The second kappa shape index (κ2) is 10.1. The molecule has 2 atom stereocenters. The molecule has 156 valence electrons. The average Bonchev–Trinajstić information content (AvgIpc) is 3.11. The zero-order chi connectivity index (χ0) is 20.8. The van der Waals surface area contributed by atoms with E-state index in [-0.39, 0.29) is 11.8 Å². The largest absolute Gasteiger partial charge is 0.492 e. The molecule has 4 nitrogen and oxygen atoms in total. The molecule has 2 aromatic carbocycles. The van der Waals surface area contributed by atoms with Gasteiger partial charge in [-0.1, -0.05) is 18.2 Å². The Morgan fingerprint density at radius 2 is 1.97 bits per heavy atom. The minimum Gasteiger partial charge on any atom is -0.492 e. The van der Waals surface area contributed by atoms with Gasteiger partial charge in [0.2, 0.25) is 0 Å². The van der Waals surface area contributed by atoms with E-state index in [4.69, 9.17) is 9.47 Å². The summed E-state index contributed by atoms with van der Waals surface area (Å²) in [6.07, 6.45) is 4.64. The van der Waals surface area contributed by atoms with Crippen molar-refractivity contribution in [2.75, 3.05) is 33.6 Å². The second-order valence-electron chi connectivity index (χ2n) is 7.43. The van der Waals surface area contributed by atoms with Gasteiger partial charge in [-0.2, -0.15) is 11.8 Å². The van der Waals surface area contributed by atoms with Crippen molar-refractivity contribution in [2.24, 2.45) is 0 Å². The highest BCUT2D eigenvalue weighted by atomic mass is 32.2. The number of rotatable bonds is 8. The zero-order valence-corrected chi connectivity index (χ0v) is 18.0. The molecule has 1 aliphatic rings. The number of carbonyl (C=O) groups excluding carboxylic acids is 1. The number of benzene rings is 2. The number of likely N-dealkylation sites (tertiary alicyclic amines) is 1. The maximum absolute atomic E-state index is 13.1. The fraction of sp³-hybridized carbons (Fsp3) is 0.435. The van der Waals surface area contributed by atoms with Crippen LogP contribution in [0.5, 0.6) is 5.75 Å². The van der Waals surface area contributed by atoms with Crippen molar-refractivity contribution in [1.82, 2.24) is 4.90 Å². The van der Waals surface area contributed by atoms with Gasteiger partial charge in [0.05, 0.1) is 12.7 Å². The predicted molar refractivity (Wildman–Crippen MR) is 115 cm³/mol. The quantitative estimate of drug-likeness (QED) is 0.602. The molecular formula is C23H28FNO3S. The van der Waals surface area contributed by atoms with E-state index in [9.17, 15) is 9.18 Å². The summed E-state index contributed by atoms with van der Waals surface area (Å²) in [6.45, 7) is 1.67. The van der Waals surface area contributed by atoms with Gasteiger partial charge in [0, 0.05) is 17.8 Å². The van der Waals surface area contributed by atoms with E-state index < -0.39 is 0 Å². The van der Waals surface area contributed by atoms with Crippen molar-refractivity contribution in [3.8, 4) is 5.75 Å². The van der Waals surface area contributed by atoms with Gasteiger partial charge in [-0.15, -0.1) is 0 Å². The topological polar surface area (TPSA) is 38.8 Å². The summed E-state index contributed by atoms with van der Waals surface area (Å²) in [5, 5.41) is 0.646. The number of ether oxygens (including phenoxy) is 2. The minimum absolute atomic E-state index is 0.248. The number of thioether (sulfide) groups is 1. The van der Waals surface area contributed by atoms with Crippen LogP contribution in [-0.4, -0.2) is 55.7 Å². The van der Waals surface area contributed by atoms with Gasteiger partial charge in [0.1, 0.15) is 18.2 Å². The summed E-state index contributed by atoms with van der Waals surface area (Å²) >= 11 is 1.90. The van der Waals surface area contributed by atoms with Crippen LogP contribution in [0, 0.1) is 5.82 Å². The SMILES string of the molecule is COC(=O)c1cc(OC[C@@H]2C[C@H](SC)CN2C)ccc1CCc1ccc(F)cc1. The van der Waals surface area contributed by atoms with Gasteiger partial charge < -0.3 is 9.47 Å². The van der Waals surface area contributed by atoms with Crippen molar-refractivity contribution in [3.63, 3.8) is 0 Å². The summed E-state index contributed by atoms with van der Waals surface area (Å²) in [5.74, 6) is 0.0594. The minimum atomic E-state index is -0.370. The lowest BCUT2D eigenvalue weighted by Crippen LogP contribution is -2.30. The number of likely N-dealkylation sites (N-methyl/N-ethyl adjacent to an activating group) is 1. The van der Waals surface area contributed by atoms with E-state index in [1.807, 2.05) is 23.9 Å². The highest BCUT2D eigenvalue weighted by molar-refractivity contribution is 7.99. The van der Waals surface area contributed by atoms with Crippen LogP contribution >= 0.6 is 11.8 Å². The Morgan fingerprint density at radius 1 is 1.21 bits per heavy atom. The molecule has 0 saturated carbocycles. The van der Waals surface area contributed by atoms with Gasteiger partial charge in [-0.3, -0.25) is 4.90 Å². The maximum atomic E-state index is 13.1. The van der Waals surface area contributed by atoms with Gasteiger partial charge >= 0.3 is 5.97 Å². The number of esters is 1. The van der Waals surface area contributed by atoms with Crippen LogP contribution in [0.15, 0.2) is 42.5 Å². The summed E-state index contributed by atoms with van der Waals surface area (Å²) in [6, 6.07) is 12.4. The molecule has 0 unspecified atom stereocenters. The third-order valence-corrected chi connectivity index (χ3v) is 6.52. The fourth-order valence-electron chi connectivity index (χ4n) is 3.68. The lowest BCUT2D eigenvalue weighted by Gasteiger charge is -2.20. The molecule has 0 amide bonds. The second-order valence-corrected chi connectivity index (χ2v) is 8.57. The molecule has 0 bridgehead atoms. The smallest absolute Gasteiger partial charge is 0.338 e. The Kier molecular flexibility index (Phi) is 7.56. The average molecular weight is 418 g/mol. The normalized spacial score (nSPS) is 19.3. The Bertz CT molecular complexity index is 827. The van der Waals surface area contributed by atoms with Crippen LogP contribution in [0.25, 0.3) is 0 Å². The molecule has 0 N–H and O–H groups in total. The number of carbonyl (C=O) groups is 1. The third kappa shape index (κ3) is 5.73. The van der Waals surface area contributed by atoms with E-state index in [1.165, 1.54) is 19.2 Å². The predicted octanol–water partition coefficient (Wildman–Crippen LogP) is 4.21. The van der Waals surface area contributed by atoms with Crippen LogP contribution in [0.3, 0.4) is 0 Å². The van der Waals surface area contributed by atoms with Crippen molar-refractivity contribution in [1.29, 1.82) is 0 Å². The molecule has 29 heavy (non-hydrogen) atoms. The number of hydrogen-bond acceptors (Lipinski definition) is 5. The first kappa shape index (κ1) is 21.7. The van der Waals surface area contributed by atoms with E-state index in [0.717, 1.165) is 24.1 Å². The van der Waals surface area contributed by atoms with Crippen molar-refractivity contribution >= 4 is 17.7 Å². The highest BCUT2D eigenvalue weighted by Crippen LogP contribution is 2.26. The number of methoxy groups -OCH3 is 1. The maximum Gasteiger partial charge on any atom is 0.338 e. The zero-order valence-electron chi connectivity index (χ0n) is 17.2. The van der Waals surface area contributed by atoms with E-state index in [2.05, 4.69) is 18.2 Å². The first-order chi connectivity index (χ1) is 14.0. The molecular weight excluding hydrogens is 389 g/mol. The van der Waals surface area contributed by atoms with E-state index in [1.54, 1.807) is 18.2 Å².